The normalized spacial score (nSPS) is 16.2. The molecule has 0 saturated carbocycles. The summed E-state index contributed by atoms with van der Waals surface area (Å²) in [5, 5.41) is 31.6. The van der Waals surface area contributed by atoms with Gasteiger partial charge in [0.2, 0.25) is 11.8 Å². The first kappa shape index (κ1) is 20.6. The van der Waals surface area contributed by atoms with Crippen molar-refractivity contribution in [3.63, 3.8) is 0 Å². The van der Waals surface area contributed by atoms with E-state index in [-0.39, 0.29) is 0 Å². The molecule has 7 N–H and O–H groups in total. The van der Waals surface area contributed by atoms with Crippen LogP contribution in [-0.4, -0.2) is 75.9 Å². The topological polar surface area (TPSA) is 162 Å². The van der Waals surface area contributed by atoms with E-state index in [2.05, 4.69) is 5.32 Å². The number of hydrogen-bond acceptors (Lipinski definition) is 7. The molecule has 0 saturated heterocycles. The number of carbonyl (C=O) groups is 3. The number of carbonyl (C=O) groups excluding carboxylic acids is 2. The summed E-state index contributed by atoms with van der Waals surface area (Å²) in [4.78, 5) is 34.5. The lowest BCUT2D eigenvalue weighted by atomic mass is 10.1. The fourth-order valence-corrected chi connectivity index (χ4v) is 1.98. The molecule has 0 heterocycles. The highest BCUT2D eigenvalue weighted by molar-refractivity contribution is 7.98. The van der Waals surface area contributed by atoms with Crippen molar-refractivity contribution in [1.29, 1.82) is 0 Å². The number of carboxylic acids is 1. The fourth-order valence-electron chi connectivity index (χ4n) is 1.49. The smallest absolute Gasteiger partial charge is 0.328 e. The van der Waals surface area contributed by atoms with Gasteiger partial charge < -0.3 is 31.7 Å². The highest BCUT2D eigenvalue weighted by Crippen LogP contribution is 2.00. The van der Waals surface area contributed by atoms with Gasteiger partial charge in [-0.3, -0.25) is 9.59 Å². The summed E-state index contributed by atoms with van der Waals surface area (Å²) in [5.41, 5.74) is 5.63. The summed E-state index contributed by atoms with van der Waals surface area (Å²) in [6, 6.07) is -3.71. The Labute approximate surface area is 132 Å². The lowest BCUT2D eigenvalue weighted by Crippen LogP contribution is -2.57. The number of carboxylic acid groups (broad SMARTS) is 1. The Morgan fingerprint density at radius 1 is 1.23 bits per heavy atom. The molecule has 0 aromatic rings. The van der Waals surface area contributed by atoms with Gasteiger partial charge in [0, 0.05) is 0 Å². The van der Waals surface area contributed by atoms with Crippen LogP contribution in [0.25, 0.3) is 0 Å². The number of aliphatic hydroxyl groups is 2. The van der Waals surface area contributed by atoms with E-state index in [9.17, 15) is 19.5 Å². The van der Waals surface area contributed by atoms with Gasteiger partial charge in [-0.1, -0.05) is 0 Å². The zero-order valence-corrected chi connectivity index (χ0v) is 13.3. The molecule has 0 bridgehead atoms. The van der Waals surface area contributed by atoms with Crippen molar-refractivity contribution in [2.45, 2.75) is 37.6 Å². The minimum absolute atomic E-state index is 0.401. The number of aliphatic carboxylic acids is 1. The summed E-state index contributed by atoms with van der Waals surface area (Å²) in [7, 11) is 0. The van der Waals surface area contributed by atoms with Gasteiger partial charge in [0.1, 0.15) is 6.04 Å². The summed E-state index contributed by atoms with van der Waals surface area (Å²) in [6.45, 7) is 0.475. The van der Waals surface area contributed by atoms with Crippen LogP contribution in [0, 0.1) is 0 Å². The summed E-state index contributed by atoms with van der Waals surface area (Å²) >= 11 is 1.51. The van der Waals surface area contributed by atoms with Crippen molar-refractivity contribution in [3.8, 4) is 0 Å². The van der Waals surface area contributed by atoms with Crippen LogP contribution in [0.1, 0.15) is 13.3 Å². The molecule has 0 aliphatic carbocycles. The van der Waals surface area contributed by atoms with Crippen LogP contribution < -0.4 is 16.4 Å². The van der Waals surface area contributed by atoms with E-state index >= 15 is 0 Å². The number of thioether (sulfide) groups is 1. The number of nitrogens with one attached hydrogen (secondary N) is 2. The third-order valence-corrected chi connectivity index (χ3v) is 3.48. The van der Waals surface area contributed by atoms with Crippen molar-refractivity contribution in [2.24, 2.45) is 5.73 Å². The molecule has 128 valence electrons. The zero-order valence-electron chi connectivity index (χ0n) is 12.5. The summed E-state index contributed by atoms with van der Waals surface area (Å²) < 4.78 is 0. The van der Waals surface area contributed by atoms with Crippen molar-refractivity contribution in [1.82, 2.24) is 10.6 Å². The van der Waals surface area contributed by atoms with E-state index in [1.54, 1.807) is 0 Å². The maximum atomic E-state index is 11.9. The maximum absolute atomic E-state index is 11.9. The molecule has 0 fully saturated rings. The average Bonchev–Trinajstić information content (AvgIpc) is 2.46. The van der Waals surface area contributed by atoms with Gasteiger partial charge in [-0.05, 0) is 25.4 Å². The van der Waals surface area contributed by atoms with Gasteiger partial charge >= 0.3 is 5.97 Å². The quantitative estimate of drug-likeness (QED) is 0.255. The number of amides is 2. The Morgan fingerprint density at radius 3 is 2.23 bits per heavy atom. The van der Waals surface area contributed by atoms with E-state index in [1.807, 2.05) is 11.6 Å². The fraction of sp³-hybridized carbons (Fsp3) is 0.750. The molecule has 0 aliphatic rings. The molecule has 0 spiro atoms. The first-order valence-electron chi connectivity index (χ1n) is 6.61. The average molecular weight is 337 g/mol. The molecule has 4 atom stereocenters. The number of aliphatic hydroxyl groups excluding tert-OH is 2. The molecule has 0 rings (SSSR count). The Morgan fingerprint density at radius 2 is 1.82 bits per heavy atom. The third kappa shape index (κ3) is 7.07. The molecule has 22 heavy (non-hydrogen) atoms. The van der Waals surface area contributed by atoms with Crippen molar-refractivity contribution in [3.05, 3.63) is 0 Å². The maximum Gasteiger partial charge on any atom is 0.328 e. The first-order chi connectivity index (χ1) is 10.2. The molecule has 0 aromatic carbocycles. The van der Waals surface area contributed by atoms with Crippen LogP contribution in [0.2, 0.25) is 0 Å². The largest absolute Gasteiger partial charge is 0.480 e. The highest BCUT2D eigenvalue weighted by atomic mass is 32.2. The highest BCUT2D eigenvalue weighted by Gasteiger charge is 2.29. The molecule has 0 radical (unpaired) electrons. The number of nitrogens with two attached hydrogens (primary N) is 1. The molecule has 2 amide bonds. The van der Waals surface area contributed by atoms with Crippen molar-refractivity contribution < 1.29 is 29.7 Å². The van der Waals surface area contributed by atoms with E-state index < -0.39 is 48.6 Å². The monoisotopic (exact) mass is 337 g/mol. The van der Waals surface area contributed by atoms with Crippen LogP contribution in [0.15, 0.2) is 0 Å². The molecular formula is C12H23N3O6S. The van der Waals surface area contributed by atoms with E-state index in [4.69, 9.17) is 15.9 Å². The second kappa shape index (κ2) is 10.4. The van der Waals surface area contributed by atoms with Crippen molar-refractivity contribution >= 4 is 29.5 Å². The van der Waals surface area contributed by atoms with E-state index in [0.717, 1.165) is 0 Å². The predicted molar refractivity (Wildman–Crippen MR) is 81.2 cm³/mol. The van der Waals surface area contributed by atoms with Gasteiger partial charge in [0.15, 0.2) is 6.04 Å². The van der Waals surface area contributed by atoms with Crippen LogP contribution in [-0.2, 0) is 14.4 Å². The van der Waals surface area contributed by atoms with Crippen LogP contribution >= 0.6 is 11.8 Å². The Kier molecular flexibility index (Phi) is 9.74. The molecule has 0 unspecified atom stereocenters. The Hall–Kier alpha value is -1.36. The van der Waals surface area contributed by atoms with E-state index in [0.29, 0.717) is 12.2 Å². The molecule has 10 heteroatoms. The Balaban J connectivity index is 4.65. The molecule has 9 nitrogen and oxygen atoms in total. The summed E-state index contributed by atoms with van der Waals surface area (Å²) in [5.74, 6) is -2.30. The minimum Gasteiger partial charge on any atom is -0.480 e. The number of hydrogen-bond donors (Lipinski definition) is 6. The summed E-state index contributed by atoms with van der Waals surface area (Å²) in [6.07, 6.45) is 0.926. The third-order valence-electron chi connectivity index (χ3n) is 2.83. The zero-order chi connectivity index (χ0) is 17.3. The SMILES string of the molecule is CSCC[C@H](N)C(=O)N[C@@H](CO)C(=O)N[C@H](C(=O)O)[C@@H](C)O. The predicted octanol–water partition coefficient (Wildman–Crippen LogP) is -2.51. The van der Waals surface area contributed by atoms with Crippen LogP contribution in [0.5, 0.6) is 0 Å². The Bertz CT molecular complexity index is 393. The molecular weight excluding hydrogens is 314 g/mol. The number of rotatable bonds is 10. The lowest BCUT2D eigenvalue weighted by molar-refractivity contribution is -0.145. The van der Waals surface area contributed by atoms with Crippen molar-refractivity contribution in [2.75, 3.05) is 18.6 Å². The first-order valence-corrected chi connectivity index (χ1v) is 8.01. The van der Waals surface area contributed by atoms with Gasteiger partial charge in [-0.25, -0.2) is 4.79 Å². The van der Waals surface area contributed by atoms with Gasteiger partial charge in [0.25, 0.3) is 0 Å². The molecule has 0 aliphatic heterocycles. The van der Waals surface area contributed by atoms with Gasteiger partial charge in [-0.2, -0.15) is 11.8 Å². The lowest BCUT2D eigenvalue weighted by Gasteiger charge is -2.22. The van der Waals surface area contributed by atoms with Crippen LogP contribution in [0.3, 0.4) is 0 Å². The second-order valence-electron chi connectivity index (χ2n) is 4.70. The molecule has 0 aromatic heterocycles. The van der Waals surface area contributed by atoms with E-state index in [1.165, 1.54) is 18.7 Å². The minimum atomic E-state index is -1.54. The standard InChI is InChI=1S/C12H23N3O6S/c1-6(17)9(12(20)21)15-11(19)8(5-16)14-10(18)7(13)3-4-22-2/h6-9,16-17H,3-5,13H2,1-2H3,(H,14,18)(H,15,19)(H,20,21)/t6-,7+,8+,9+/m1/s1. The van der Waals surface area contributed by atoms with Gasteiger partial charge in [0.05, 0.1) is 18.8 Å². The van der Waals surface area contributed by atoms with Crippen LogP contribution in [0.4, 0.5) is 0 Å². The second-order valence-corrected chi connectivity index (χ2v) is 5.68. The van der Waals surface area contributed by atoms with Gasteiger partial charge in [-0.15, -0.1) is 0 Å².